The van der Waals surface area contributed by atoms with Crippen LogP contribution >= 0.6 is 11.6 Å². The van der Waals surface area contributed by atoms with E-state index < -0.39 is 10.7 Å². The van der Waals surface area contributed by atoms with Gasteiger partial charge in [0.05, 0.1) is 16.9 Å². The number of halogens is 2. The Morgan fingerprint density at radius 3 is 2.79 bits per heavy atom. The Morgan fingerprint density at radius 2 is 2.21 bits per heavy atom. The molecule has 5 heteroatoms. The van der Waals surface area contributed by atoms with Crippen molar-refractivity contribution in [1.29, 1.82) is 0 Å². The van der Waals surface area contributed by atoms with Crippen LogP contribution in [0.3, 0.4) is 0 Å². The molecule has 0 saturated heterocycles. The van der Waals surface area contributed by atoms with Crippen LogP contribution in [0.25, 0.3) is 0 Å². The van der Waals surface area contributed by atoms with Crippen molar-refractivity contribution in [1.82, 2.24) is 0 Å². The minimum absolute atomic E-state index is 0.101. The highest BCUT2D eigenvalue weighted by molar-refractivity contribution is 6.19. The SMILES string of the molecule is O=[N+]([O-])c1cc(F)cc(C#CCCl)c1. The second kappa shape index (κ2) is 4.58. The Kier molecular flexibility index (Phi) is 3.43. The lowest BCUT2D eigenvalue weighted by molar-refractivity contribution is -0.385. The fraction of sp³-hybridized carbons (Fsp3) is 0.111. The summed E-state index contributed by atoms with van der Waals surface area (Å²) in [5, 5.41) is 10.3. The summed E-state index contributed by atoms with van der Waals surface area (Å²) in [6.45, 7) is 0. The van der Waals surface area contributed by atoms with Gasteiger partial charge in [0.2, 0.25) is 0 Å². The first-order valence-electron chi connectivity index (χ1n) is 3.63. The summed E-state index contributed by atoms with van der Waals surface area (Å²) in [7, 11) is 0. The predicted molar refractivity (Wildman–Crippen MR) is 50.7 cm³/mol. The van der Waals surface area contributed by atoms with Gasteiger partial charge in [-0.2, -0.15) is 0 Å². The summed E-state index contributed by atoms with van der Waals surface area (Å²) in [5.41, 5.74) is -0.0683. The molecule has 0 aliphatic rings. The quantitative estimate of drug-likeness (QED) is 0.311. The molecule has 14 heavy (non-hydrogen) atoms. The van der Waals surface area contributed by atoms with Gasteiger partial charge in [-0.3, -0.25) is 10.1 Å². The van der Waals surface area contributed by atoms with Gasteiger partial charge in [0.1, 0.15) is 5.82 Å². The van der Waals surface area contributed by atoms with Gasteiger partial charge < -0.3 is 0 Å². The van der Waals surface area contributed by atoms with Crippen LogP contribution in [0.15, 0.2) is 18.2 Å². The number of hydrogen-bond donors (Lipinski definition) is 0. The van der Waals surface area contributed by atoms with Crippen molar-refractivity contribution in [3.63, 3.8) is 0 Å². The minimum Gasteiger partial charge on any atom is -0.258 e. The summed E-state index contributed by atoms with van der Waals surface area (Å²) in [5.74, 6) is 4.41. The lowest BCUT2D eigenvalue weighted by Crippen LogP contribution is -1.90. The van der Waals surface area contributed by atoms with Gasteiger partial charge in [-0.15, -0.1) is 11.6 Å². The molecule has 0 N–H and O–H groups in total. The summed E-state index contributed by atoms with van der Waals surface area (Å²) < 4.78 is 12.8. The number of nitro benzene ring substituents is 1. The number of benzene rings is 1. The van der Waals surface area contributed by atoms with E-state index in [0.717, 1.165) is 12.1 Å². The molecule has 1 aromatic carbocycles. The third kappa shape index (κ3) is 2.71. The van der Waals surface area contributed by atoms with E-state index in [0.29, 0.717) is 0 Å². The maximum absolute atomic E-state index is 12.8. The van der Waals surface area contributed by atoms with Crippen molar-refractivity contribution >= 4 is 17.3 Å². The summed E-state index contributed by atoms with van der Waals surface area (Å²) >= 11 is 5.29. The normalized spacial score (nSPS) is 9.00. The topological polar surface area (TPSA) is 43.1 Å². The van der Waals surface area contributed by atoms with E-state index in [1.165, 1.54) is 6.07 Å². The van der Waals surface area contributed by atoms with Crippen molar-refractivity contribution in [3.8, 4) is 11.8 Å². The van der Waals surface area contributed by atoms with Crippen molar-refractivity contribution < 1.29 is 9.31 Å². The first kappa shape index (κ1) is 10.5. The molecule has 0 bridgehead atoms. The molecule has 0 saturated carbocycles. The average molecular weight is 214 g/mol. The van der Waals surface area contributed by atoms with Crippen LogP contribution in [0.2, 0.25) is 0 Å². The van der Waals surface area contributed by atoms with Gasteiger partial charge in [-0.05, 0) is 6.07 Å². The highest BCUT2D eigenvalue weighted by Crippen LogP contribution is 2.15. The second-order valence-electron chi connectivity index (χ2n) is 2.39. The zero-order chi connectivity index (χ0) is 10.6. The summed E-state index contributed by atoms with van der Waals surface area (Å²) in [6.07, 6.45) is 0. The van der Waals surface area contributed by atoms with E-state index in [4.69, 9.17) is 11.6 Å². The Balaban J connectivity index is 3.13. The number of non-ortho nitro benzene ring substituents is 1. The van der Waals surface area contributed by atoms with Crippen LogP contribution in [0.4, 0.5) is 10.1 Å². The maximum Gasteiger partial charge on any atom is 0.273 e. The largest absolute Gasteiger partial charge is 0.273 e. The number of nitrogens with zero attached hydrogens (tertiary/aromatic N) is 1. The monoisotopic (exact) mass is 213 g/mol. The van der Waals surface area contributed by atoms with E-state index in [-0.39, 0.29) is 17.1 Å². The molecule has 72 valence electrons. The van der Waals surface area contributed by atoms with E-state index in [9.17, 15) is 14.5 Å². The zero-order valence-corrected chi connectivity index (χ0v) is 7.71. The minimum atomic E-state index is -0.682. The third-order valence-electron chi connectivity index (χ3n) is 1.39. The van der Waals surface area contributed by atoms with Crippen LogP contribution in [0.1, 0.15) is 5.56 Å². The molecule has 0 radical (unpaired) electrons. The molecule has 0 aliphatic heterocycles. The lowest BCUT2D eigenvalue weighted by atomic mass is 10.2. The molecular weight excluding hydrogens is 209 g/mol. The van der Waals surface area contributed by atoms with Crippen molar-refractivity contribution in [2.75, 3.05) is 5.88 Å². The molecule has 1 rings (SSSR count). The third-order valence-corrected chi connectivity index (χ3v) is 1.53. The lowest BCUT2D eigenvalue weighted by Gasteiger charge is -1.93. The van der Waals surface area contributed by atoms with Gasteiger partial charge >= 0.3 is 0 Å². The summed E-state index contributed by atoms with van der Waals surface area (Å²) in [6, 6.07) is 3.15. The standard InChI is InChI=1S/C9H5ClFNO2/c10-3-1-2-7-4-8(11)6-9(5-7)12(13)14/h4-6H,3H2. The summed E-state index contributed by atoms with van der Waals surface area (Å²) in [4.78, 5) is 9.67. The smallest absolute Gasteiger partial charge is 0.258 e. The fourth-order valence-corrected chi connectivity index (χ4v) is 0.954. The highest BCUT2D eigenvalue weighted by Gasteiger charge is 2.08. The average Bonchev–Trinajstić information content (AvgIpc) is 2.14. The van der Waals surface area contributed by atoms with E-state index in [2.05, 4.69) is 11.8 Å². The molecule has 0 spiro atoms. The molecule has 0 aromatic heterocycles. The van der Waals surface area contributed by atoms with Gasteiger partial charge in [-0.25, -0.2) is 4.39 Å². The number of alkyl halides is 1. The highest BCUT2D eigenvalue weighted by atomic mass is 35.5. The Labute approximate surface area is 84.6 Å². The molecule has 0 fully saturated rings. The first-order valence-corrected chi connectivity index (χ1v) is 4.17. The van der Waals surface area contributed by atoms with Crippen molar-refractivity contribution in [3.05, 3.63) is 39.7 Å². The second-order valence-corrected chi connectivity index (χ2v) is 2.66. The van der Waals surface area contributed by atoms with Crippen LogP contribution in [-0.2, 0) is 0 Å². The van der Waals surface area contributed by atoms with Crippen molar-refractivity contribution in [2.45, 2.75) is 0 Å². The van der Waals surface area contributed by atoms with Crippen molar-refractivity contribution in [2.24, 2.45) is 0 Å². The van der Waals surface area contributed by atoms with E-state index >= 15 is 0 Å². The molecule has 0 aliphatic carbocycles. The maximum atomic E-state index is 12.8. The fourth-order valence-electron chi connectivity index (χ4n) is 0.887. The van der Waals surface area contributed by atoms with E-state index in [1.807, 2.05) is 0 Å². The molecule has 0 atom stereocenters. The molecule has 0 heterocycles. The van der Waals surface area contributed by atoms with Crippen LogP contribution in [0, 0.1) is 27.8 Å². The van der Waals surface area contributed by atoms with Gasteiger partial charge in [0.25, 0.3) is 5.69 Å². The first-order chi connectivity index (χ1) is 6.63. The van der Waals surface area contributed by atoms with Gasteiger partial charge in [-0.1, -0.05) is 11.8 Å². The number of rotatable bonds is 1. The van der Waals surface area contributed by atoms with Crippen LogP contribution < -0.4 is 0 Å². The zero-order valence-electron chi connectivity index (χ0n) is 6.96. The Bertz CT molecular complexity index is 423. The Morgan fingerprint density at radius 1 is 1.50 bits per heavy atom. The molecule has 3 nitrogen and oxygen atoms in total. The number of nitro groups is 1. The van der Waals surface area contributed by atoms with Crippen LogP contribution in [0.5, 0.6) is 0 Å². The number of hydrogen-bond acceptors (Lipinski definition) is 2. The molecule has 1 aromatic rings. The Hall–Kier alpha value is -1.60. The molecule has 0 unspecified atom stereocenters. The van der Waals surface area contributed by atoms with Crippen LogP contribution in [-0.4, -0.2) is 10.8 Å². The molecule has 0 amide bonds. The van der Waals surface area contributed by atoms with Gasteiger partial charge in [0.15, 0.2) is 0 Å². The van der Waals surface area contributed by atoms with Gasteiger partial charge in [0, 0.05) is 11.6 Å². The molecular formula is C9H5ClFNO2. The van der Waals surface area contributed by atoms with E-state index in [1.54, 1.807) is 0 Å². The predicted octanol–water partition coefficient (Wildman–Crippen LogP) is 2.32.